The van der Waals surface area contributed by atoms with Gasteiger partial charge in [-0.2, -0.15) is 0 Å². The minimum Gasteiger partial charge on any atom is -0.492 e. The normalized spacial score (nSPS) is 12.9. The molecule has 1 aliphatic heterocycles. The summed E-state index contributed by atoms with van der Waals surface area (Å²) >= 11 is 6.30. The van der Waals surface area contributed by atoms with Crippen LogP contribution in [0.1, 0.15) is 17.3 Å². The molecule has 40 heavy (non-hydrogen) atoms. The van der Waals surface area contributed by atoms with E-state index in [1.165, 1.54) is 0 Å². The summed E-state index contributed by atoms with van der Waals surface area (Å²) in [5, 5.41) is 5.49. The van der Waals surface area contributed by atoms with Crippen LogP contribution in [0.4, 0.5) is 17.1 Å². The highest BCUT2D eigenvalue weighted by Gasteiger charge is 2.39. The molecule has 1 heterocycles. The molecular formula is C31H24ClN3O5. The zero-order valence-electron chi connectivity index (χ0n) is 21.4. The standard InChI is InChI=1S/C31H24ClN3O5/c1-2-39-26-14-7-6-13-25(26)34-29(36)20-9-8-10-21(19-20)33-28-27(32)30(37)35(31(28)38)22-15-17-24(18-16-22)40-23-11-4-3-5-12-23/h3-19,33H,2H2,1H3,(H,34,36). The molecule has 0 aliphatic carbocycles. The minimum atomic E-state index is -0.660. The molecular weight excluding hydrogens is 530 g/mol. The van der Waals surface area contributed by atoms with E-state index in [9.17, 15) is 14.4 Å². The number of ether oxygens (including phenoxy) is 2. The number of rotatable bonds is 9. The summed E-state index contributed by atoms with van der Waals surface area (Å²) in [7, 11) is 0. The third kappa shape index (κ3) is 5.67. The van der Waals surface area contributed by atoms with Crippen molar-refractivity contribution in [1.29, 1.82) is 0 Å². The third-order valence-corrected chi connectivity index (χ3v) is 6.28. The van der Waals surface area contributed by atoms with E-state index in [4.69, 9.17) is 21.1 Å². The van der Waals surface area contributed by atoms with Crippen LogP contribution >= 0.6 is 11.6 Å². The molecule has 4 aromatic carbocycles. The van der Waals surface area contributed by atoms with Crippen molar-refractivity contribution in [2.75, 3.05) is 22.1 Å². The molecule has 0 aromatic heterocycles. The van der Waals surface area contributed by atoms with Gasteiger partial charge in [-0.15, -0.1) is 0 Å². The molecule has 4 aromatic rings. The molecule has 5 rings (SSSR count). The first kappa shape index (κ1) is 26.5. The maximum atomic E-state index is 13.2. The average molecular weight is 554 g/mol. The first-order valence-electron chi connectivity index (χ1n) is 12.5. The van der Waals surface area contributed by atoms with Crippen LogP contribution in [0.3, 0.4) is 0 Å². The number of anilines is 3. The Labute approximate surface area is 235 Å². The van der Waals surface area contributed by atoms with Gasteiger partial charge >= 0.3 is 0 Å². The van der Waals surface area contributed by atoms with Crippen molar-refractivity contribution in [1.82, 2.24) is 0 Å². The lowest BCUT2D eigenvalue weighted by Crippen LogP contribution is -2.32. The van der Waals surface area contributed by atoms with Crippen molar-refractivity contribution >= 4 is 46.4 Å². The van der Waals surface area contributed by atoms with Crippen molar-refractivity contribution in [3.05, 3.63) is 119 Å². The Hall–Kier alpha value is -5.08. The van der Waals surface area contributed by atoms with Gasteiger partial charge in [-0.05, 0) is 73.7 Å². The Morgan fingerprint density at radius 3 is 2.27 bits per heavy atom. The Morgan fingerprint density at radius 1 is 0.825 bits per heavy atom. The highest BCUT2D eigenvalue weighted by atomic mass is 35.5. The van der Waals surface area contributed by atoms with Crippen LogP contribution in [0, 0.1) is 0 Å². The molecule has 0 bridgehead atoms. The van der Waals surface area contributed by atoms with E-state index in [0.29, 0.717) is 46.5 Å². The van der Waals surface area contributed by atoms with Gasteiger partial charge in [0.1, 0.15) is 28.0 Å². The van der Waals surface area contributed by atoms with Gasteiger partial charge in [-0.25, -0.2) is 4.90 Å². The van der Waals surface area contributed by atoms with Gasteiger partial charge in [0.2, 0.25) is 0 Å². The molecule has 0 fully saturated rings. The second-order valence-corrected chi connectivity index (χ2v) is 9.01. The van der Waals surface area contributed by atoms with Crippen molar-refractivity contribution < 1.29 is 23.9 Å². The zero-order chi connectivity index (χ0) is 28.1. The number of carbonyl (C=O) groups is 3. The topological polar surface area (TPSA) is 97.0 Å². The fourth-order valence-corrected chi connectivity index (χ4v) is 4.27. The first-order valence-corrected chi connectivity index (χ1v) is 12.8. The second kappa shape index (κ2) is 11.8. The molecule has 8 nitrogen and oxygen atoms in total. The fraction of sp³-hybridized carbons (Fsp3) is 0.0645. The number of para-hydroxylation sites is 3. The minimum absolute atomic E-state index is 0.0875. The van der Waals surface area contributed by atoms with Gasteiger partial charge < -0.3 is 20.1 Å². The van der Waals surface area contributed by atoms with Crippen LogP contribution in [0.25, 0.3) is 0 Å². The molecule has 0 radical (unpaired) electrons. The molecule has 0 unspecified atom stereocenters. The molecule has 1 aliphatic rings. The summed E-state index contributed by atoms with van der Waals surface area (Å²) in [6.45, 7) is 2.32. The van der Waals surface area contributed by atoms with E-state index < -0.39 is 11.8 Å². The van der Waals surface area contributed by atoms with E-state index in [1.807, 2.05) is 43.3 Å². The summed E-state index contributed by atoms with van der Waals surface area (Å²) in [6, 6.07) is 29.4. The lowest BCUT2D eigenvalue weighted by atomic mass is 10.1. The summed E-state index contributed by atoms with van der Waals surface area (Å²) in [5.41, 5.74) is 1.53. The number of nitrogens with zero attached hydrogens (tertiary/aromatic N) is 1. The highest BCUT2D eigenvalue weighted by molar-refractivity contribution is 6.53. The van der Waals surface area contributed by atoms with E-state index in [-0.39, 0.29) is 16.6 Å². The van der Waals surface area contributed by atoms with Gasteiger partial charge in [-0.1, -0.05) is 48.0 Å². The number of halogens is 1. The van der Waals surface area contributed by atoms with Crippen molar-refractivity contribution in [2.24, 2.45) is 0 Å². The summed E-state index contributed by atoms with van der Waals surface area (Å²) in [5.74, 6) is 0.114. The zero-order valence-corrected chi connectivity index (χ0v) is 22.1. The molecule has 3 amide bonds. The van der Waals surface area contributed by atoms with Gasteiger partial charge in [-0.3, -0.25) is 14.4 Å². The third-order valence-electron chi connectivity index (χ3n) is 5.93. The van der Waals surface area contributed by atoms with Crippen molar-refractivity contribution in [3.8, 4) is 17.2 Å². The number of nitrogens with one attached hydrogen (secondary N) is 2. The lowest BCUT2D eigenvalue weighted by molar-refractivity contribution is -0.120. The van der Waals surface area contributed by atoms with Crippen LogP contribution < -0.4 is 25.0 Å². The quantitative estimate of drug-likeness (QED) is 0.228. The smallest absolute Gasteiger partial charge is 0.283 e. The predicted molar refractivity (Wildman–Crippen MR) is 154 cm³/mol. The van der Waals surface area contributed by atoms with E-state index in [2.05, 4.69) is 10.6 Å². The maximum Gasteiger partial charge on any atom is 0.283 e. The number of hydrogen-bond donors (Lipinski definition) is 2. The van der Waals surface area contributed by atoms with Gasteiger partial charge in [0, 0.05) is 11.3 Å². The van der Waals surface area contributed by atoms with E-state index >= 15 is 0 Å². The largest absolute Gasteiger partial charge is 0.492 e. The Kier molecular flexibility index (Phi) is 7.80. The van der Waals surface area contributed by atoms with Gasteiger partial charge in [0.05, 0.1) is 18.0 Å². The van der Waals surface area contributed by atoms with Crippen LogP contribution in [0.15, 0.2) is 114 Å². The van der Waals surface area contributed by atoms with E-state index in [1.54, 1.807) is 66.7 Å². The molecule has 0 saturated heterocycles. The number of amides is 3. The Morgan fingerprint density at radius 2 is 1.52 bits per heavy atom. The predicted octanol–water partition coefficient (Wildman–Crippen LogP) is 6.57. The number of imide groups is 1. The molecule has 0 atom stereocenters. The van der Waals surface area contributed by atoms with Crippen LogP contribution in [-0.2, 0) is 9.59 Å². The molecule has 200 valence electrons. The molecule has 9 heteroatoms. The summed E-state index contributed by atoms with van der Waals surface area (Å²) < 4.78 is 11.4. The first-order chi connectivity index (χ1) is 19.4. The Bertz CT molecular complexity index is 1600. The monoisotopic (exact) mass is 553 g/mol. The highest BCUT2D eigenvalue weighted by Crippen LogP contribution is 2.32. The van der Waals surface area contributed by atoms with E-state index in [0.717, 1.165) is 4.90 Å². The lowest BCUT2D eigenvalue weighted by Gasteiger charge is -2.16. The molecule has 0 saturated carbocycles. The van der Waals surface area contributed by atoms with Crippen LogP contribution in [0.5, 0.6) is 17.2 Å². The van der Waals surface area contributed by atoms with Gasteiger partial charge in [0.25, 0.3) is 17.7 Å². The number of hydrogen-bond acceptors (Lipinski definition) is 6. The Balaban J connectivity index is 1.29. The van der Waals surface area contributed by atoms with Crippen LogP contribution in [-0.4, -0.2) is 24.3 Å². The number of carbonyl (C=O) groups excluding carboxylic acids is 3. The SMILES string of the molecule is CCOc1ccccc1NC(=O)c1cccc(NC2=C(Cl)C(=O)N(c3ccc(Oc4ccccc4)cc3)C2=O)c1. The summed E-state index contributed by atoms with van der Waals surface area (Å²) in [4.78, 5) is 40.1. The van der Waals surface area contributed by atoms with Gasteiger partial charge in [0.15, 0.2) is 0 Å². The van der Waals surface area contributed by atoms with Crippen LogP contribution in [0.2, 0.25) is 0 Å². The average Bonchev–Trinajstić information content (AvgIpc) is 3.18. The number of benzene rings is 4. The molecule has 0 spiro atoms. The summed E-state index contributed by atoms with van der Waals surface area (Å²) in [6.07, 6.45) is 0. The maximum absolute atomic E-state index is 13.2. The molecule has 2 N–H and O–H groups in total. The van der Waals surface area contributed by atoms with Crippen molar-refractivity contribution in [3.63, 3.8) is 0 Å². The van der Waals surface area contributed by atoms with Crippen molar-refractivity contribution in [2.45, 2.75) is 6.92 Å². The second-order valence-electron chi connectivity index (χ2n) is 8.63. The fourth-order valence-electron chi connectivity index (χ4n) is 4.06.